The number of unbranched alkanes of at least 4 members (excludes halogenated alkanes) is 1. The third-order valence-corrected chi connectivity index (χ3v) is 5.17. The van der Waals surface area contributed by atoms with Gasteiger partial charge in [-0.15, -0.1) is 35.3 Å². The normalized spacial score (nSPS) is 11.2. The first-order chi connectivity index (χ1) is 13.2. The second kappa shape index (κ2) is 14.8. The molecule has 0 amide bonds. The van der Waals surface area contributed by atoms with Crippen molar-refractivity contribution in [3.8, 4) is 0 Å². The van der Waals surface area contributed by atoms with Crippen molar-refractivity contribution in [2.45, 2.75) is 46.6 Å². The van der Waals surface area contributed by atoms with Gasteiger partial charge >= 0.3 is 0 Å². The molecule has 156 valence electrons. The summed E-state index contributed by atoms with van der Waals surface area (Å²) in [6, 6.07) is 10.5. The van der Waals surface area contributed by atoms with Gasteiger partial charge < -0.3 is 15.4 Å². The Balaban J connectivity index is 0.00000392. The van der Waals surface area contributed by atoms with Crippen LogP contribution in [0.25, 0.3) is 0 Å². The molecule has 0 spiro atoms. The van der Waals surface area contributed by atoms with Gasteiger partial charge in [-0.2, -0.15) is 0 Å². The number of guanidine groups is 1. The van der Waals surface area contributed by atoms with Crippen LogP contribution in [0.2, 0.25) is 0 Å². The molecule has 1 aromatic heterocycles. The lowest BCUT2D eigenvalue weighted by molar-refractivity contribution is 0.133. The van der Waals surface area contributed by atoms with E-state index in [1.54, 1.807) is 11.3 Å². The Bertz CT molecular complexity index is 691. The predicted molar refractivity (Wildman–Crippen MR) is 130 cm³/mol. The first-order valence-corrected chi connectivity index (χ1v) is 10.6. The Labute approximate surface area is 190 Å². The third-order valence-electron chi connectivity index (χ3n) is 4.11. The van der Waals surface area contributed by atoms with Crippen molar-refractivity contribution in [1.29, 1.82) is 0 Å². The highest BCUT2D eigenvalue weighted by molar-refractivity contribution is 14.0. The molecule has 0 aliphatic heterocycles. The molecule has 1 aromatic carbocycles. The topological polar surface area (TPSA) is 58.5 Å². The second-order valence-corrected chi connectivity index (χ2v) is 7.71. The molecule has 2 aromatic rings. The number of aryl methyl sites for hydroxylation is 2. The zero-order valence-electron chi connectivity index (χ0n) is 17.2. The van der Waals surface area contributed by atoms with E-state index in [1.807, 2.05) is 19.9 Å². The van der Waals surface area contributed by atoms with E-state index in [1.165, 1.54) is 10.4 Å². The molecule has 1 heterocycles. The molecule has 7 heteroatoms. The van der Waals surface area contributed by atoms with Crippen LogP contribution in [0.4, 0.5) is 0 Å². The van der Waals surface area contributed by atoms with Crippen LogP contribution in [0.15, 0.2) is 35.3 Å². The van der Waals surface area contributed by atoms with Crippen LogP contribution in [0, 0.1) is 13.8 Å². The number of benzene rings is 1. The Morgan fingerprint density at radius 3 is 2.57 bits per heavy atom. The fourth-order valence-electron chi connectivity index (χ4n) is 2.69. The van der Waals surface area contributed by atoms with E-state index in [0.717, 1.165) is 62.2 Å². The first kappa shape index (κ1) is 24.8. The van der Waals surface area contributed by atoms with Crippen molar-refractivity contribution in [3.05, 3.63) is 51.5 Å². The van der Waals surface area contributed by atoms with Crippen LogP contribution in [0.3, 0.4) is 0 Å². The summed E-state index contributed by atoms with van der Waals surface area (Å²) in [5.74, 6) is 0.868. The summed E-state index contributed by atoms with van der Waals surface area (Å²) in [7, 11) is 0. The van der Waals surface area contributed by atoms with Gasteiger partial charge in [0.25, 0.3) is 0 Å². The van der Waals surface area contributed by atoms with Gasteiger partial charge in [0.15, 0.2) is 5.96 Å². The lowest BCUT2D eigenvalue weighted by Crippen LogP contribution is -2.37. The number of aromatic nitrogens is 1. The molecule has 0 unspecified atom stereocenters. The van der Waals surface area contributed by atoms with Gasteiger partial charge in [0, 0.05) is 24.6 Å². The number of hydrogen-bond donors (Lipinski definition) is 2. The quantitative estimate of drug-likeness (QED) is 0.200. The maximum Gasteiger partial charge on any atom is 0.191 e. The van der Waals surface area contributed by atoms with Crippen LogP contribution >= 0.6 is 35.3 Å². The summed E-state index contributed by atoms with van der Waals surface area (Å²) >= 11 is 1.72. The standard InChI is InChI=1S/C21H32N4OS.HI/c1-4-22-21(24-16-20-17(2)25-18(3)27-20)23-13-8-9-14-26-15-12-19-10-6-5-7-11-19;/h5-7,10-11H,4,8-9,12-16H2,1-3H3,(H2,22,23,24);1H. The van der Waals surface area contributed by atoms with E-state index in [0.29, 0.717) is 6.54 Å². The van der Waals surface area contributed by atoms with E-state index < -0.39 is 0 Å². The number of thiazole rings is 1. The maximum absolute atomic E-state index is 5.73. The SMILES string of the molecule is CCNC(=NCc1sc(C)nc1C)NCCCCOCCc1ccccc1.I. The molecule has 0 aliphatic carbocycles. The Hall–Kier alpha value is -1.19. The van der Waals surface area contributed by atoms with Crippen molar-refractivity contribution in [2.24, 2.45) is 4.99 Å². The van der Waals surface area contributed by atoms with Gasteiger partial charge in [-0.3, -0.25) is 0 Å². The summed E-state index contributed by atoms with van der Waals surface area (Å²) < 4.78 is 5.73. The number of hydrogen-bond acceptors (Lipinski definition) is 4. The van der Waals surface area contributed by atoms with Crippen LogP contribution < -0.4 is 10.6 Å². The van der Waals surface area contributed by atoms with Gasteiger partial charge in [-0.1, -0.05) is 30.3 Å². The smallest absolute Gasteiger partial charge is 0.191 e. The average molecular weight is 516 g/mol. The zero-order valence-corrected chi connectivity index (χ0v) is 20.3. The molecular formula is C21H33IN4OS. The summed E-state index contributed by atoms with van der Waals surface area (Å²) in [5.41, 5.74) is 2.42. The molecule has 2 N–H and O–H groups in total. The number of halogens is 1. The van der Waals surface area contributed by atoms with Crippen LogP contribution in [0.5, 0.6) is 0 Å². The average Bonchev–Trinajstić information content (AvgIpc) is 2.99. The summed E-state index contributed by atoms with van der Waals surface area (Å²) in [4.78, 5) is 10.4. The number of ether oxygens (including phenoxy) is 1. The number of nitrogens with zero attached hydrogens (tertiary/aromatic N) is 2. The van der Waals surface area contributed by atoms with Crippen molar-refractivity contribution in [2.75, 3.05) is 26.3 Å². The summed E-state index contributed by atoms with van der Waals surface area (Å²) in [5, 5.41) is 7.80. The molecule has 0 radical (unpaired) electrons. The third kappa shape index (κ3) is 9.84. The highest BCUT2D eigenvalue weighted by Crippen LogP contribution is 2.17. The maximum atomic E-state index is 5.73. The van der Waals surface area contributed by atoms with Gasteiger partial charge in [0.2, 0.25) is 0 Å². The largest absolute Gasteiger partial charge is 0.381 e. The van der Waals surface area contributed by atoms with E-state index in [4.69, 9.17) is 4.74 Å². The molecular weight excluding hydrogens is 483 g/mol. The summed E-state index contributed by atoms with van der Waals surface area (Å²) in [6.45, 7) is 10.2. The van der Waals surface area contributed by atoms with Gasteiger partial charge in [-0.05, 0) is 45.6 Å². The minimum absolute atomic E-state index is 0. The van der Waals surface area contributed by atoms with Crippen molar-refractivity contribution < 1.29 is 4.74 Å². The number of nitrogens with one attached hydrogen (secondary N) is 2. The van der Waals surface area contributed by atoms with Crippen molar-refractivity contribution in [3.63, 3.8) is 0 Å². The van der Waals surface area contributed by atoms with Gasteiger partial charge in [-0.25, -0.2) is 9.98 Å². The van der Waals surface area contributed by atoms with Crippen molar-refractivity contribution >= 4 is 41.3 Å². The van der Waals surface area contributed by atoms with E-state index in [9.17, 15) is 0 Å². The Kier molecular flexibility index (Phi) is 13.1. The number of aliphatic imine (C=N–C) groups is 1. The van der Waals surface area contributed by atoms with Crippen molar-refractivity contribution in [1.82, 2.24) is 15.6 Å². The second-order valence-electron chi connectivity index (χ2n) is 6.42. The molecule has 0 bridgehead atoms. The van der Waals surface area contributed by atoms with Crippen LogP contribution in [-0.4, -0.2) is 37.2 Å². The fraction of sp³-hybridized carbons (Fsp3) is 0.524. The summed E-state index contributed by atoms with van der Waals surface area (Å²) in [6.07, 6.45) is 3.09. The lowest BCUT2D eigenvalue weighted by atomic mass is 10.2. The highest BCUT2D eigenvalue weighted by Gasteiger charge is 2.04. The van der Waals surface area contributed by atoms with Crippen LogP contribution in [0.1, 0.15) is 40.9 Å². The van der Waals surface area contributed by atoms with Gasteiger partial charge in [0.05, 0.1) is 23.9 Å². The molecule has 0 saturated carbocycles. The monoisotopic (exact) mass is 516 g/mol. The molecule has 28 heavy (non-hydrogen) atoms. The predicted octanol–water partition coefficient (Wildman–Crippen LogP) is 4.47. The minimum Gasteiger partial charge on any atom is -0.381 e. The molecule has 0 aliphatic rings. The molecule has 0 fully saturated rings. The van der Waals surface area contributed by atoms with E-state index in [-0.39, 0.29) is 24.0 Å². The lowest BCUT2D eigenvalue weighted by Gasteiger charge is -2.11. The molecule has 0 saturated heterocycles. The zero-order chi connectivity index (χ0) is 19.3. The van der Waals surface area contributed by atoms with Gasteiger partial charge in [0.1, 0.15) is 0 Å². The first-order valence-electron chi connectivity index (χ1n) is 9.75. The van der Waals surface area contributed by atoms with Crippen LogP contribution in [-0.2, 0) is 17.7 Å². The highest BCUT2D eigenvalue weighted by atomic mass is 127. The Morgan fingerprint density at radius 1 is 1.11 bits per heavy atom. The molecule has 5 nitrogen and oxygen atoms in total. The van der Waals surface area contributed by atoms with E-state index in [2.05, 4.69) is 51.8 Å². The molecule has 2 rings (SSSR count). The fourth-order valence-corrected chi connectivity index (χ4v) is 3.55. The minimum atomic E-state index is 0. The Morgan fingerprint density at radius 2 is 1.89 bits per heavy atom. The molecule has 0 atom stereocenters. The number of rotatable bonds is 11. The van der Waals surface area contributed by atoms with E-state index >= 15 is 0 Å².